The van der Waals surface area contributed by atoms with E-state index in [9.17, 15) is 27.7 Å². The van der Waals surface area contributed by atoms with Crippen LogP contribution in [-0.4, -0.2) is 61.2 Å². The number of rotatable bonds is 6. The highest BCUT2D eigenvalue weighted by Crippen LogP contribution is 2.23. The number of nitrogens with zero attached hydrogens (tertiary/aromatic N) is 3. The van der Waals surface area contributed by atoms with Crippen LogP contribution in [0.1, 0.15) is 0 Å². The number of non-ortho nitro benzene ring substituents is 1. The Kier molecular flexibility index (Phi) is 6.54. The molecule has 1 saturated heterocycles. The summed E-state index contributed by atoms with van der Waals surface area (Å²) < 4.78 is 45.2. The van der Waals surface area contributed by atoms with Gasteiger partial charge >= 0.3 is 0 Å². The molecule has 0 spiro atoms. The number of hydrogen-bond donors (Lipinski definition) is 0. The molecule has 0 N–H and O–H groups in total. The van der Waals surface area contributed by atoms with Gasteiger partial charge in [-0.25, -0.2) is 12.8 Å². The molecule has 0 aromatic heterocycles. The van der Waals surface area contributed by atoms with Crippen LogP contribution in [0.15, 0.2) is 47.4 Å². The molecule has 0 aliphatic carbocycles. The van der Waals surface area contributed by atoms with Gasteiger partial charge in [0.2, 0.25) is 10.0 Å². The number of nitro groups is 1. The normalized spacial score (nSPS) is 15.1. The van der Waals surface area contributed by atoms with E-state index in [0.717, 1.165) is 18.2 Å². The highest BCUT2D eigenvalue weighted by Gasteiger charge is 2.30. The van der Waals surface area contributed by atoms with E-state index >= 15 is 0 Å². The summed E-state index contributed by atoms with van der Waals surface area (Å²) in [4.78, 5) is 23.9. The number of carbonyl (C=O) groups is 1. The molecule has 0 bridgehead atoms. The number of hydrogen-bond acceptors (Lipinski definition) is 6. The average molecular weight is 458 g/mol. The van der Waals surface area contributed by atoms with Crippen LogP contribution in [0.4, 0.5) is 10.1 Å². The van der Waals surface area contributed by atoms with Crippen LogP contribution in [0.2, 0.25) is 5.02 Å². The zero-order chi connectivity index (χ0) is 21.9. The van der Waals surface area contributed by atoms with Gasteiger partial charge < -0.3 is 9.64 Å². The first-order chi connectivity index (χ1) is 14.2. The van der Waals surface area contributed by atoms with Gasteiger partial charge in [-0.3, -0.25) is 14.9 Å². The number of piperazine rings is 1. The second-order valence-electron chi connectivity index (χ2n) is 6.40. The van der Waals surface area contributed by atoms with Crippen molar-refractivity contribution in [3.05, 3.63) is 63.4 Å². The molecular formula is C18H17ClFN3O6S. The number of benzene rings is 2. The highest BCUT2D eigenvalue weighted by atomic mass is 35.5. The number of amides is 1. The van der Waals surface area contributed by atoms with Crippen LogP contribution >= 0.6 is 11.6 Å². The zero-order valence-electron chi connectivity index (χ0n) is 15.5. The Morgan fingerprint density at radius 2 is 1.87 bits per heavy atom. The van der Waals surface area contributed by atoms with Gasteiger partial charge in [0.1, 0.15) is 11.6 Å². The molecule has 1 fully saturated rings. The lowest BCUT2D eigenvalue weighted by atomic mass is 10.3. The number of carbonyl (C=O) groups excluding carboxylic acids is 1. The molecule has 0 unspecified atom stereocenters. The molecule has 9 nitrogen and oxygen atoms in total. The molecule has 1 amide bonds. The fourth-order valence-electron chi connectivity index (χ4n) is 2.89. The van der Waals surface area contributed by atoms with Crippen molar-refractivity contribution in [2.75, 3.05) is 32.8 Å². The maximum atomic E-state index is 13.3. The largest absolute Gasteiger partial charge is 0.484 e. The van der Waals surface area contributed by atoms with Crippen LogP contribution in [0.3, 0.4) is 0 Å². The van der Waals surface area contributed by atoms with Gasteiger partial charge in [-0.15, -0.1) is 0 Å². The van der Waals surface area contributed by atoms with Crippen molar-refractivity contribution in [2.45, 2.75) is 4.90 Å². The number of sulfonamides is 1. The fourth-order valence-corrected chi connectivity index (χ4v) is 4.58. The summed E-state index contributed by atoms with van der Waals surface area (Å²) in [6.07, 6.45) is 0. The Hall–Kier alpha value is -2.76. The Labute approximate surface area is 176 Å². The molecule has 1 aliphatic heterocycles. The molecule has 1 heterocycles. The van der Waals surface area contributed by atoms with Gasteiger partial charge in [0.05, 0.1) is 20.9 Å². The topological polar surface area (TPSA) is 110 Å². The summed E-state index contributed by atoms with van der Waals surface area (Å²) >= 11 is 5.67. The smallest absolute Gasteiger partial charge is 0.273 e. The standard InChI is InChI=1S/C18H17ClFN3O6S/c19-16-11-15(4-5-17(16)20)30(27,28)22-8-6-21(7-9-22)18(24)12-29-14-3-1-2-13(10-14)23(25)26/h1-5,10-11H,6-9,12H2. The molecule has 3 rings (SSSR count). The minimum absolute atomic E-state index is 0.0554. The van der Waals surface area contributed by atoms with Crippen molar-refractivity contribution < 1.29 is 27.3 Å². The predicted octanol–water partition coefficient (Wildman–Crippen LogP) is 2.30. The molecule has 0 atom stereocenters. The van der Waals surface area contributed by atoms with E-state index in [1.54, 1.807) is 0 Å². The molecule has 0 saturated carbocycles. The molecule has 2 aromatic carbocycles. The monoisotopic (exact) mass is 457 g/mol. The van der Waals surface area contributed by atoms with Crippen molar-refractivity contribution in [3.63, 3.8) is 0 Å². The lowest BCUT2D eigenvalue weighted by Crippen LogP contribution is -2.51. The van der Waals surface area contributed by atoms with Crippen LogP contribution in [0.25, 0.3) is 0 Å². The second kappa shape index (κ2) is 8.94. The van der Waals surface area contributed by atoms with Crippen molar-refractivity contribution >= 4 is 33.2 Å². The van der Waals surface area contributed by atoms with Gasteiger partial charge in [0.25, 0.3) is 11.6 Å². The molecular weight excluding hydrogens is 441 g/mol. The Balaban J connectivity index is 1.57. The van der Waals surface area contributed by atoms with E-state index < -0.39 is 20.8 Å². The SMILES string of the molecule is O=C(COc1cccc([N+](=O)[O-])c1)N1CCN(S(=O)(=O)c2ccc(F)c(Cl)c2)CC1. The van der Waals surface area contributed by atoms with Crippen LogP contribution in [0.5, 0.6) is 5.75 Å². The summed E-state index contributed by atoms with van der Waals surface area (Å²) in [7, 11) is -3.87. The Morgan fingerprint density at radius 3 is 2.50 bits per heavy atom. The number of ether oxygens (including phenoxy) is 1. The van der Waals surface area contributed by atoms with E-state index in [4.69, 9.17) is 16.3 Å². The van der Waals surface area contributed by atoms with E-state index in [1.807, 2.05) is 0 Å². The van der Waals surface area contributed by atoms with Crippen LogP contribution < -0.4 is 4.74 Å². The quantitative estimate of drug-likeness (QED) is 0.486. The Bertz CT molecular complexity index is 1070. The summed E-state index contributed by atoms with van der Waals surface area (Å²) in [5.74, 6) is -0.898. The molecule has 1 aliphatic rings. The first-order valence-corrected chi connectivity index (χ1v) is 10.6. The van der Waals surface area contributed by atoms with Crippen molar-refractivity contribution in [3.8, 4) is 5.75 Å². The molecule has 30 heavy (non-hydrogen) atoms. The lowest BCUT2D eigenvalue weighted by Gasteiger charge is -2.34. The maximum absolute atomic E-state index is 13.3. The fraction of sp³-hybridized carbons (Fsp3) is 0.278. The van der Waals surface area contributed by atoms with Gasteiger partial charge in [-0.05, 0) is 24.3 Å². The van der Waals surface area contributed by atoms with Gasteiger partial charge in [0, 0.05) is 32.2 Å². The van der Waals surface area contributed by atoms with Crippen molar-refractivity contribution in [1.29, 1.82) is 0 Å². The number of halogens is 2. The summed E-state index contributed by atoms with van der Waals surface area (Å²) in [6.45, 7) is 0.0673. The summed E-state index contributed by atoms with van der Waals surface area (Å²) in [6, 6.07) is 8.65. The van der Waals surface area contributed by atoms with Crippen LogP contribution in [0, 0.1) is 15.9 Å². The Morgan fingerprint density at radius 1 is 1.17 bits per heavy atom. The third-order valence-electron chi connectivity index (χ3n) is 4.51. The number of nitro benzene ring substituents is 1. The van der Waals surface area contributed by atoms with E-state index in [1.165, 1.54) is 33.5 Å². The lowest BCUT2D eigenvalue weighted by molar-refractivity contribution is -0.384. The van der Waals surface area contributed by atoms with Crippen molar-refractivity contribution in [2.24, 2.45) is 0 Å². The van der Waals surface area contributed by atoms with E-state index in [0.29, 0.717) is 0 Å². The third kappa shape index (κ3) is 4.86. The maximum Gasteiger partial charge on any atom is 0.273 e. The van der Waals surface area contributed by atoms with E-state index in [-0.39, 0.29) is 60.0 Å². The molecule has 160 valence electrons. The molecule has 2 aromatic rings. The average Bonchev–Trinajstić information content (AvgIpc) is 2.74. The van der Waals surface area contributed by atoms with Crippen LogP contribution in [-0.2, 0) is 14.8 Å². The predicted molar refractivity (Wildman–Crippen MR) is 105 cm³/mol. The van der Waals surface area contributed by atoms with E-state index in [2.05, 4.69) is 0 Å². The molecule has 12 heteroatoms. The summed E-state index contributed by atoms with van der Waals surface area (Å²) in [5, 5.41) is 10.5. The first-order valence-electron chi connectivity index (χ1n) is 8.79. The molecule has 0 radical (unpaired) electrons. The minimum Gasteiger partial charge on any atom is -0.484 e. The minimum atomic E-state index is -3.87. The highest BCUT2D eigenvalue weighted by molar-refractivity contribution is 7.89. The zero-order valence-corrected chi connectivity index (χ0v) is 17.1. The van der Waals surface area contributed by atoms with Gasteiger partial charge in [-0.1, -0.05) is 17.7 Å². The third-order valence-corrected chi connectivity index (χ3v) is 6.70. The first kappa shape index (κ1) is 21.9. The second-order valence-corrected chi connectivity index (χ2v) is 8.75. The van der Waals surface area contributed by atoms with Gasteiger partial charge in [-0.2, -0.15) is 4.31 Å². The van der Waals surface area contributed by atoms with Gasteiger partial charge in [0.15, 0.2) is 6.61 Å². The van der Waals surface area contributed by atoms with Crippen molar-refractivity contribution in [1.82, 2.24) is 9.21 Å². The summed E-state index contributed by atoms with van der Waals surface area (Å²) in [5.41, 5.74) is -0.153.